The summed E-state index contributed by atoms with van der Waals surface area (Å²) < 4.78 is 5.77. The van der Waals surface area contributed by atoms with Crippen molar-refractivity contribution >= 4 is 23.1 Å². The fourth-order valence-electron chi connectivity index (χ4n) is 3.57. The third kappa shape index (κ3) is 5.57. The van der Waals surface area contributed by atoms with Gasteiger partial charge >= 0.3 is 0 Å². The van der Waals surface area contributed by atoms with E-state index in [1.54, 1.807) is 12.3 Å². The lowest BCUT2D eigenvalue weighted by molar-refractivity contribution is 0.0996. The Morgan fingerprint density at radius 3 is 2.69 bits per heavy atom. The summed E-state index contributed by atoms with van der Waals surface area (Å²) >= 11 is 0. The Balaban J connectivity index is 1.87. The first-order valence-corrected chi connectivity index (χ1v) is 10.1. The molecule has 0 unspecified atom stereocenters. The predicted molar refractivity (Wildman–Crippen MR) is 115 cm³/mol. The first kappa shape index (κ1) is 20.9. The summed E-state index contributed by atoms with van der Waals surface area (Å²) in [6, 6.07) is 5.75. The van der Waals surface area contributed by atoms with E-state index >= 15 is 0 Å². The lowest BCUT2D eigenvalue weighted by Gasteiger charge is -2.30. The highest BCUT2D eigenvalue weighted by Crippen LogP contribution is 2.27. The van der Waals surface area contributed by atoms with Crippen LogP contribution >= 0.6 is 0 Å². The number of ether oxygens (including phenoxy) is 1. The SMILES string of the molecule is Cc1cc(OC(C)C)cc(Nc2cc(N[C@@H]3CCCC[C@@H]3N)cnc2C(N)=O)n1. The standard InChI is InChI=1S/C21H30N6O2/c1-12(2)29-15-8-13(3)25-19(10-15)27-18-9-14(11-24-20(18)21(23)28)26-17-7-5-4-6-16(17)22/h8-12,16-17,26H,4-7,22H2,1-3H3,(H2,23,28)(H,25,27)/t16-,17+/m0/s1. The number of rotatable bonds is 7. The van der Waals surface area contributed by atoms with Crippen molar-refractivity contribution in [2.45, 2.75) is 64.6 Å². The normalized spacial score (nSPS) is 19.1. The van der Waals surface area contributed by atoms with E-state index in [0.717, 1.165) is 37.1 Å². The van der Waals surface area contributed by atoms with Gasteiger partial charge in [0.15, 0.2) is 5.69 Å². The molecule has 1 aliphatic carbocycles. The molecule has 2 heterocycles. The minimum Gasteiger partial charge on any atom is -0.491 e. The van der Waals surface area contributed by atoms with Crippen LogP contribution in [0.3, 0.4) is 0 Å². The Hall–Kier alpha value is -2.87. The highest BCUT2D eigenvalue weighted by molar-refractivity contribution is 5.97. The summed E-state index contributed by atoms with van der Waals surface area (Å²) in [7, 11) is 0. The Labute approximate surface area is 171 Å². The molecule has 2 aromatic rings. The first-order valence-electron chi connectivity index (χ1n) is 10.1. The second kappa shape index (κ2) is 9.09. The Morgan fingerprint density at radius 1 is 1.24 bits per heavy atom. The number of hydrogen-bond donors (Lipinski definition) is 4. The van der Waals surface area contributed by atoms with Crippen LogP contribution in [0, 0.1) is 6.92 Å². The maximum absolute atomic E-state index is 11.9. The molecule has 6 N–H and O–H groups in total. The summed E-state index contributed by atoms with van der Waals surface area (Å²) in [5.41, 5.74) is 14.0. The highest BCUT2D eigenvalue weighted by atomic mass is 16.5. The minimum absolute atomic E-state index is 0.0414. The molecule has 0 saturated heterocycles. The quantitative estimate of drug-likeness (QED) is 0.564. The third-order valence-corrected chi connectivity index (χ3v) is 4.85. The van der Waals surface area contributed by atoms with Gasteiger partial charge in [0.1, 0.15) is 11.6 Å². The molecule has 0 aliphatic heterocycles. The molecule has 1 amide bonds. The highest BCUT2D eigenvalue weighted by Gasteiger charge is 2.22. The van der Waals surface area contributed by atoms with Gasteiger partial charge in [0, 0.05) is 29.9 Å². The van der Waals surface area contributed by atoms with Gasteiger partial charge in [-0.3, -0.25) is 4.79 Å². The first-order chi connectivity index (χ1) is 13.8. The van der Waals surface area contributed by atoms with E-state index in [2.05, 4.69) is 20.6 Å². The zero-order chi connectivity index (χ0) is 21.0. The molecule has 0 radical (unpaired) electrons. The van der Waals surface area contributed by atoms with Crippen molar-refractivity contribution in [3.8, 4) is 5.75 Å². The van der Waals surface area contributed by atoms with Gasteiger partial charge in [-0.15, -0.1) is 0 Å². The molecule has 156 valence electrons. The van der Waals surface area contributed by atoms with Crippen LogP contribution in [-0.4, -0.2) is 34.1 Å². The van der Waals surface area contributed by atoms with E-state index in [0.29, 0.717) is 17.3 Å². The van der Waals surface area contributed by atoms with Gasteiger partial charge in [-0.25, -0.2) is 9.97 Å². The summed E-state index contributed by atoms with van der Waals surface area (Å²) in [4.78, 5) is 20.6. The van der Waals surface area contributed by atoms with E-state index in [9.17, 15) is 4.79 Å². The van der Waals surface area contributed by atoms with Crippen molar-refractivity contribution in [2.24, 2.45) is 11.5 Å². The maximum Gasteiger partial charge on any atom is 0.269 e. The van der Waals surface area contributed by atoms with Gasteiger partial charge in [0.05, 0.1) is 23.7 Å². The van der Waals surface area contributed by atoms with Crippen LogP contribution in [-0.2, 0) is 0 Å². The maximum atomic E-state index is 11.9. The Morgan fingerprint density at radius 2 is 2.00 bits per heavy atom. The number of anilines is 3. The molecule has 0 bridgehead atoms. The lowest BCUT2D eigenvalue weighted by Crippen LogP contribution is -2.42. The Bertz CT molecular complexity index is 870. The van der Waals surface area contributed by atoms with Crippen LogP contribution in [0.1, 0.15) is 55.7 Å². The molecular weight excluding hydrogens is 368 g/mol. The number of hydrogen-bond acceptors (Lipinski definition) is 7. The predicted octanol–water partition coefficient (Wildman–Crippen LogP) is 3.10. The van der Waals surface area contributed by atoms with Crippen LogP contribution in [0.4, 0.5) is 17.2 Å². The number of primary amides is 1. The average molecular weight is 399 g/mol. The fraction of sp³-hybridized carbons (Fsp3) is 0.476. The monoisotopic (exact) mass is 398 g/mol. The van der Waals surface area contributed by atoms with Crippen LogP contribution in [0.2, 0.25) is 0 Å². The summed E-state index contributed by atoms with van der Waals surface area (Å²) in [5, 5.41) is 6.62. The van der Waals surface area contributed by atoms with Crippen molar-refractivity contribution in [3.63, 3.8) is 0 Å². The van der Waals surface area contributed by atoms with Crippen LogP contribution in [0.25, 0.3) is 0 Å². The summed E-state index contributed by atoms with van der Waals surface area (Å²) in [6.45, 7) is 5.81. The Kier molecular flexibility index (Phi) is 6.53. The summed E-state index contributed by atoms with van der Waals surface area (Å²) in [6.07, 6.45) is 5.97. The number of nitrogens with two attached hydrogens (primary N) is 2. The number of aromatic nitrogens is 2. The van der Waals surface area contributed by atoms with Crippen molar-refractivity contribution in [3.05, 3.63) is 35.8 Å². The largest absolute Gasteiger partial charge is 0.491 e. The molecule has 1 saturated carbocycles. The van der Waals surface area contributed by atoms with E-state index in [-0.39, 0.29) is 23.9 Å². The van der Waals surface area contributed by atoms with Crippen LogP contribution < -0.4 is 26.8 Å². The van der Waals surface area contributed by atoms with E-state index in [4.69, 9.17) is 16.2 Å². The van der Waals surface area contributed by atoms with E-state index < -0.39 is 5.91 Å². The average Bonchev–Trinajstić information content (AvgIpc) is 2.62. The zero-order valence-electron chi connectivity index (χ0n) is 17.2. The number of pyridine rings is 2. The van der Waals surface area contributed by atoms with Gasteiger partial charge in [-0.1, -0.05) is 12.8 Å². The molecular formula is C21H30N6O2. The van der Waals surface area contributed by atoms with Crippen molar-refractivity contribution < 1.29 is 9.53 Å². The number of carbonyl (C=O) groups is 1. The molecule has 2 atom stereocenters. The lowest BCUT2D eigenvalue weighted by atomic mass is 9.91. The van der Waals surface area contributed by atoms with E-state index in [1.165, 1.54) is 0 Å². The second-order valence-electron chi connectivity index (χ2n) is 7.80. The van der Waals surface area contributed by atoms with Crippen molar-refractivity contribution in [1.29, 1.82) is 0 Å². The smallest absolute Gasteiger partial charge is 0.269 e. The number of carbonyl (C=O) groups excluding carboxylic acids is 1. The van der Waals surface area contributed by atoms with Gasteiger partial charge < -0.3 is 26.8 Å². The van der Waals surface area contributed by atoms with Gasteiger partial charge in [0.2, 0.25) is 0 Å². The number of aryl methyl sites for hydroxylation is 1. The van der Waals surface area contributed by atoms with Crippen molar-refractivity contribution in [2.75, 3.05) is 10.6 Å². The molecule has 8 nitrogen and oxygen atoms in total. The van der Waals surface area contributed by atoms with Crippen LogP contribution in [0.5, 0.6) is 5.75 Å². The minimum atomic E-state index is -0.611. The molecule has 2 aromatic heterocycles. The number of nitrogens with zero attached hydrogens (tertiary/aromatic N) is 2. The molecule has 8 heteroatoms. The third-order valence-electron chi connectivity index (χ3n) is 4.85. The molecule has 1 aliphatic rings. The molecule has 1 fully saturated rings. The molecule has 29 heavy (non-hydrogen) atoms. The summed E-state index contributed by atoms with van der Waals surface area (Å²) in [5.74, 6) is 0.641. The van der Waals surface area contributed by atoms with Gasteiger partial charge in [0.25, 0.3) is 5.91 Å². The molecule has 0 spiro atoms. The fourth-order valence-corrected chi connectivity index (χ4v) is 3.57. The van der Waals surface area contributed by atoms with Crippen LogP contribution in [0.15, 0.2) is 24.4 Å². The topological polar surface area (TPSA) is 128 Å². The zero-order valence-corrected chi connectivity index (χ0v) is 17.2. The van der Waals surface area contributed by atoms with Gasteiger partial charge in [-0.05, 0) is 39.7 Å². The van der Waals surface area contributed by atoms with E-state index in [1.807, 2.05) is 32.9 Å². The van der Waals surface area contributed by atoms with Crippen molar-refractivity contribution in [1.82, 2.24) is 9.97 Å². The molecule has 3 rings (SSSR count). The number of amides is 1. The number of nitrogens with one attached hydrogen (secondary N) is 2. The van der Waals surface area contributed by atoms with Gasteiger partial charge in [-0.2, -0.15) is 0 Å². The molecule has 0 aromatic carbocycles. The second-order valence-corrected chi connectivity index (χ2v) is 7.80.